The summed E-state index contributed by atoms with van der Waals surface area (Å²) in [6, 6.07) is 0.926. The fraction of sp³-hybridized carbons (Fsp3) is 0.682. The molecule has 1 atom stereocenters. The van der Waals surface area contributed by atoms with Gasteiger partial charge < -0.3 is 20.9 Å². The zero-order valence-corrected chi connectivity index (χ0v) is 18.9. The number of hydrogen-bond donors (Lipinski definition) is 3. The van der Waals surface area contributed by atoms with Crippen LogP contribution in [0.1, 0.15) is 54.6 Å². The molecule has 1 saturated heterocycles. The highest BCUT2D eigenvalue weighted by atomic mass is 19.4. The minimum absolute atomic E-state index is 0.0159. The zero-order chi connectivity index (χ0) is 24.6. The third-order valence-electron chi connectivity index (χ3n) is 5.69. The molecule has 11 heteroatoms. The Labute approximate surface area is 190 Å². The highest BCUT2D eigenvalue weighted by Gasteiger charge is 2.37. The number of nitrogens with one attached hydrogen (secondary N) is 3. The summed E-state index contributed by atoms with van der Waals surface area (Å²) >= 11 is 0. The molecular formula is C22H32F6N4O. The van der Waals surface area contributed by atoms with Crippen molar-refractivity contribution in [2.24, 2.45) is 5.92 Å². The topological polar surface area (TPSA) is 56.4 Å². The van der Waals surface area contributed by atoms with E-state index in [2.05, 4.69) is 34.7 Å². The van der Waals surface area contributed by atoms with Gasteiger partial charge >= 0.3 is 12.4 Å². The molecule has 0 bridgehead atoms. The Bertz CT molecular complexity index is 728. The van der Waals surface area contributed by atoms with Crippen LogP contribution in [0.4, 0.5) is 26.3 Å². The van der Waals surface area contributed by atoms with Gasteiger partial charge in [-0.25, -0.2) is 0 Å². The van der Waals surface area contributed by atoms with Gasteiger partial charge in [0.05, 0.1) is 17.3 Å². The summed E-state index contributed by atoms with van der Waals surface area (Å²) in [5.74, 6) is -0.817. The molecule has 2 rings (SSSR count). The smallest absolute Gasteiger partial charge is 0.352 e. The number of piperidine rings is 1. The van der Waals surface area contributed by atoms with Crippen LogP contribution in [0.5, 0.6) is 0 Å². The zero-order valence-electron chi connectivity index (χ0n) is 18.9. The number of hydrogen-bond acceptors (Lipinski definition) is 4. The first kappa shape index (κ1) is 27.4. The van der Waals surface area contributed by atoms with E-state index in [4.69, 9.17) is 0 Å². The molecular weight excluding hydrogens is 450 g/mol. The molecule has 0 aromatic heterocycles. The van der Waals surface area contributed by atoms with Crippen molar-refractivity contribution < 1.29 is 31.1 Å². The Hall–Kier alpha value is -1.85. The number of benzene rings is 1. The van der Waals surface area contributed by atoms with Crippen LogP contribution in [0.2, 0.25) is 0 Å². The second-order valence-electron chi connectivity index (χ2n) is 8.42. The molecule has 0 radical (unpaired) electrons. The highest BCUT2D eigenvalue weighted by Crippen LogP contribution is 2.36. The standard InChI is InChI=1S/C22H32F6N4O/c1-3-6-29-15(2)30-7-10-32-8-4-16(5-9-32)14-31-20(33)17-11-18(21(23,24)25)13-19(12-17)22(26,27)28/h11-13,15-16,29-30H,3-10,14H2,1-2H3,(H,31,33). The minimum Gasteiger partial charge on any atom is -0.352 e. The molecule has 1 aliphatic rings. The fourth-order valence-electron chi connectivity index (χ4n) is 3.71. The van der Waals surface area contributed by atoms with E-state index >= 15 is 0 Å². The summed E-state index contributed by atoms with van der Waals surface area (Å²) in [4.78, 5) is 14.6. The maximum Gasteiger partial charge on any atom is 0.416 e. The summed E-state index contributed by atoms with van der Waals surface area (Å²) in [5.41, 5.74) is -3.64. The van der Waals surface area contributed by atoms with Crippen molar-refractivity contribution in [3.05, 3.63) is 34.9 Å². The first-order valence-corrected chi connectivity index (χ1v) is 11.2. The van der Waals surface area contributed by atoms with Gasteiger partial charge in [-0.15, -0.1) is 0 Å². The third kappa shape index (κ3) is 9.13. The van der Waals surface area contributed by atoms with Crippen LogP contribution in [0, 0.1) is 5.92 Å². The van der Waals surface area contributed by atoms with Gasteiger partial charge in [0.25, 0.3) is 5.91 Å². The third-order valence-corrected chi connectivity index (χ3v) is 5.69. The molecule has 3 N–H and O–H groups in total. The van der Waals surface area contributed by atoms with Gasteiger partial charge in [-0.05, 0) is 69.9 Å². The number of nitrogens with zero attached hydrogens (tertiary/aromatic N) is 1. The Morgan fingerprint density at radius 2 is 1.55 bits per heavy atom. The maximum absolute atomic E-state index is 13.0. The number of rotatable bonds is 10. The number of carbonyl (C=O) groups excluding carboxylic acids is 1. The second kappa shape index (κ2) is 12.0. The molecule has 188 valence electrons. The molecule has 1 fully saturated rings. The quantitative estimate of drug-likeness (QED) is 0.347. The number of carbonyl (C=O) groups is 1. The van der Waals surface area contributed by atoms with Crippen molar-refractivity contribution in [2.75, 3.05) is 39.3 Å². The normalized spacial score (nSPS) is 17.2. The van der Waals surface area contributed by atoms with E-state index in [1.54, 1.807) is 0 Å². The van der Waals surface area contributed by atoms with Gasteiger partial charge in [-0.3, -0.25) is 4.79 Å². The Morgan fingerprint density at radius 1 is 1.00 bits per heavy atom. The number of amides is 1. The Kier molecular flexibility index (Phi) is 9.99. The van der Waals surface area contributed by atoms with Gasteiger partial charge in [-0.1, -0.05) is 6.92 Å². The summed E-state index contributed by atoms with van der Waals surface area (Å²) in [7, 11) is 0. The molecule has 0 saturated carbocycles. The number of halogens is 6. The van der Waals surface area contributed by atoms with Gasteiger partial charge in [0.15, 0.2) is 0 Å². The molecule has 33 heavy (non-hydrogen) atoms. The molecule has 1 amide bonds. The van der Waals surface area contributed by atoms with Gasteiger partial charge in [0.2, 0.25) is 0 Å². The van der Waals surface area contributed by atoms with Crippen LogP contribution in [0.25, 0.3) is 0 Å². The van der Waals surface area contributed by atoms with Crippen LogP contribution >= 0.6 is 0 Å². The average molecular weight is 483 g/mol. The van der Waals surface area contributed by atoms with E-state index in [0.29, 0.717) is 12.1 Å². The summed E-state index contributed by atoms with van der Waals surface area (Å²) in [6.45, 7) is 8.67. The highest BCUT2D eigenvalue weighted by molar-refractivity contribution is 5.94. The lowest BCUT2D eigenvalue weighted by atomic mass is 9.96. The van der Waals surface area contributed by atoms with Crippen molar-refractivity contribution in [3.8, 4) is 0 Å². The predicted molar refractivity (Wildman–Crippen MR) is 114 cm³/mol. The Balaban J connectivity index is 1.82. The van der Waals surface area contributed by atoms with Gasteiger partial charge in [-0.2, -0.15) is 26.3 Å². The molecule has 0 spiro atoms. The minimum atomic E-state index is -4.98. The molecule has 1 heterocycles. The lowest BCUT2D eigenvalue weighted by Crippen LogP contribution is -2.45. The van der Waals surface area contributed by atoms with Crippen molar-refractivity contribution in [2.45, 2.75) is 51.6 Å². The molecule has 1 aliphatic heterocycles. The van der Waals surface area contributed by atoms with E-state index < -0.39 is 35.0 Å². The summed E-state index contributed by atoms with van der Waals surface area (Å²) in [5, 5.41) is 9.25. The van der Waals surface area contributed by atoms with E-state index in [-0.39, 0.29) is 24.7 Å². The first-order valence-electron chi connectivity index (χ1n) is 11.2. The molecule has 1 aromatic rings. The molecule has 5 nitrogen and oxygen atoms in total. The van der Waals surface area contributed by atoms with Crippen LogP contribution in [0.15, 0.2) is 18.2 Å². The van der Waals surface area contributed by atoms with Crippen LogP contribution in [-0.4, -0.2) is 56.2 Å². The van der Waals surface area contributed by atoms with Crippen molar-refractivity contribution >= 4 is 5.91 Å². The first-order chi connectivity index (χ1) is 15.4. The monoisotopic (exact) mass is 482 g/mol. The lowest BCUT2D eigenvalue weighted by Gasteiger charge is -2.32. The van der Waals surface area contributed by atoms with Crippen LogP contribution in [-0.2, 0) is 12.4 Å². The fourth-order valence-corrected chi connectivity index (χ4v) is 3.71. The Morgan fingerprint density at radius 3 is 2.06 bits per heavy atom. The largest absolute Gasteiger partial charge is 0.416 e. The van der Waals surface area contributed by atoms with E-state index in [1.807, 2.05) is 0 Å². The second-order valence-corrected chi connectivity index (χ2v) is 8.42. The molecule has 1 unspecified atom stereocenters. The molecule has 1 aromatic carbocycles. The SMILES string of the molecule is CCCNC(C)NCCN1CCC(CNC(=O)c2cc(C(F)(F)F)cc(C(F)(F)F)c2)CC1. The number of alkyl halides is 6. The van der Waals surface area contributed by atoms with Crippen molar-refractivity contribution in [1.29, 1.82) is 0 Å². The molecule has 0 aliphatic carbocycles. The maximum atomic E-state index is 13.0. The van der Waals surface area contributed by atoms with Gasteiger partial charge in [0, 0.05) is 25.2 Å². The van der Waals surface area contributed by atoms with Crippen molar-refractivity contribution in [1.82, 2.24) is 20.9 Å². The van der Waals surface area contributed by atoms with E-state index in [0.717, 1.165) is 52.0 Å². The summed E-state index contributed by atoms with van der Waals surface area (Å²) < 4.78 is 77.9. The number of likely N-dealkylation sites (tertiary alicyclic amines) is 1. The van der Waals surface area contributed by atoms with Gasteiger partial charge in [0.1, 0.15) is 0 Å². The van der Waals surface area contributed by atoms with Crippen molar-refractivity contribution in [3.63, 3.8) is 0 Å². The van der Waals surface area contributed by atoms with E-state index in [9.17, 15) is 31.1 Å². The average Bonchev–Trinajstić information content (AvgIpc) is 2.75. The summed E-state index contributed by atoms with van der Waals surface area (Å²) in [6.07, 6.45) is -7.09. The van der Waals surface area contributed by atoms with Crippen LogP contribution < -0.4 is 16.0 Å². The lowest BCUT2D eigenvalue weighted by molar-refractivity contribution is -0.143. The van der Waals surface area contributed by atoms with Crippen LogP contribution in [0.3, 0.4) is 0 Å². The van der Waals surface area contributed by atoms with E-state index in [1.165, 1.54) is 0 Å². The predicted octanol–water partition coefficient (Wildman–Crippen LogP) is 4.10.